The van der Waals surface area contributed by atoms with Crippen molar-refractivity contribution in [2.75, 3.05) is 11.9 Å². The number of fused-ring (bicyclic) bond motifs is 1. The van der Waals surface area contributed by atoms with Gasteiger partial charge in [0.15, 0.2) is 0 Å². The highest BCUT2D eigenvalue weighted by molar-refractivity contribution is 6.05. The quantitative estimate of drug-likeness (QED) is 0.376. The van der Waals surface area contributed by atoms with Gasteiger partial charge in [-0.3, -0.25) is 4.79 Å². The fourth-order valence-corrected chi connectivity index (χ4v) is 3.25. The summed E-state index contributed by atoms with van der Waals surface area (Å²) in [4.78, 5) is 20.8. The molecule has 3 aromatic carbocycles. The van der Waals surface area contributed by atoms with Gasteiger partial charge in [-0.15, -0.1) is 0 Å². The number of amides is 1. The van der Waals surface area contributed by atoms with Crippen LogP contribution in [0.5, 0.6) is 5.75 Å². The number of anilines is 1. The molecule has 5 heteroatoms. The summed E-state index contributed by atoms with van der Waals surface area (Å²) in [5.41, 5.74) is 5.13. The highest BCUT2D eigenvalue weighted by atomic mass is 16.5. The van der Waals surface area contributed by atoms with Gasteiger partial charge in [0.1, 0.15) is 11.6 Å². The van der Waals surface area contributed by atoms with Crippen molar-refractivity contribution in [1.29, 1.82) is 0 Å². The molecule has 0 saturated carbocycles. The molecule has 30 heavy (non-hydrogen) atoms. The number of rotatable bonds is 7. The van der Waals surface area contributed by atoms with E-state index in [0.717, 1.165) is 46.5 Å². The number of aromatic amines is 1. The largest absolute Gasteiger partial charge is 0.494 e. The van der Waals surface area contributed by atoms with Crippen LogP contribution in [0.1, 0.15) is 35.7 Å². The van der Waals surface area contributed by atoms with E-state index in [4.69, 9.17) is 4.74 Å². The monoisotopic (exact) mass is 399 g/mol. The lowest BCUT2D eigenvalue weighted by molar-refractivity contribution is 0.102. The number of nitrogens with zero attached hydrogens (tertiary/aromatic N) is 1. The Morgan fingerprint density at radius 1 is 1.07 bits per heavy atom. The van der Waals surface area contributed by atoms with Gasteiger partial charge in [0.25, 0.3) is 5.91 Å². The van der Waals surface area contributed by atoms with Crippen LogP contribution in [0.25, 0.3) is 22.4 Å². The van der Waals surface area contributed by atoms with Crippen LogP contribution in [-0.4, -0.2) is 22.5 Å². The van der Waals surface area contributed by atoms with E-state index >= 15 is 0 Å². The smallest absolute Gasteiger partial charge is 0.255 e. The molecule has 0 unspecified atom stereocenters. The molecule has 0 fully saturated rings. The van der Waals surface area contributed by atoms with Gasteiger partial charge in [0, 0.05) is 16.8 Å². The van der Waals surface area contributed by atoms with Crippen molar-refractivity contribution in [3.05, 3.63) is 77.9 Å². The number of hydrogen-bond donors (Lipinski definition) is 2. The maximum atomic E-state index is 12.8. The van der Waals surface area contributed by atoms with Crippen LogP contribution in [0.4, 0.5) is 5.69 Å². The summed E-state index contributed by atoms with van der Waals surface area (Å²) in [6.45, 7) is 4.75. The number of carbonyl (C=O) groups excluding carboxylic acids is 1. The Bertz CT molecular complexity index is 1150. The summed E-state index contributed by atoms with van der Waals surface area (Å²) < 4.78 is 5.72. The van der Waals surface area contributed by atoms with E-state index in [1.54, 1.807) is 12.1 Å². The third-order valence-corrected chi connectivity index (χ3v) is 5.01. The first-order valence-electron chi connectivity index (χ1n) is 10.2. The van der Waals surface area contributed by atoms with Gasteiger partial charge in [-0.2, -0.15) is 0 Å². The lowest BCUT2D eigenvalue weighted by Gasteiger charge is -2.11. The zero-order valence-electron chi connectivity index (χ0n) is 17.2. The second kappa shape index (κ2) is 8.82. The molecule has 1 amide bonds. The molecule has 1 heterocycles. The molecule has 4 aromatic rings. The van der Waals surface area contributed by atoms with Gasteiger partial charge in [-0.1, -0.05) is 43.7 Å². The van der Waals surface area contributed by atoms with E-state index in [0.29, 0.717) is 17.9 Å². The second-order valence-electron chi connectivity index (χ2n) is 7.32. The number of aromatic nitrogens is 2. The van der Waals surface area contributed by atoms with E-state index in [9.17, 15) is 4.79 Å². The van der Waals surface area contributed by atoms with E-state index in [1.165, 1.54) is 0 Å². The van der Waals surface area contributed by atoms with Gasteiger partial charge in [-0.05, 0) is 55.3 Å². The molecule has 1 aromatic heterocycles. The van der Waals surface area contributed by atoms with Crippen LogP contribution in [0.3, 0.4) is 0 Å². The van der Waals surface area contributed by atoms with Crippen LogP contribution in [0, 0.1) is 6.92 Å². The third-order valence-electron chi connectivity index (χ3n) is 5.01. The average molecular weight is 399 g/mol. The van der Waals surface area contributed by atoms with Gasteiger partial charge in [-0.25, -0.2) is 4.98 Å². The first-order valence-corrected chi connectivity index (χ1v) is 10.2. The van der Waals surface area contributed by atoms with Crippen molar-refractivity contribution < 1.29 is 9.53 Å². The Morgan fingerprint density at radius 3 is 2.77 bits per heavy atom. The molecule has 4 rings (SSSR count). The van der Waals surface area contributed by atoms with Crippen LogP contribution in [-0.2, 0) is 0 Å². The minimum absolute atomic E-state index is 0.166. The summed E-state index contributed by atoms with van der Waals surface area (Å²) >= 11 is 0. The number of nitrogens with one attached hydrogen (secondary N) is 2. The van der Waals surface area contributed by atoms with E-state index in [-0.39, 0.29) is 5.91 Å². The number of aryl methyl sites for hydroxylation is 1. The second-order valence-corrected chi connectivity index (χ2v) is 7.32. The Morgan fingerprint density at radius 2 is 1.93 bits per heavy atom. The normalized spacial score (nSPS) is 10.9. The number of carbonyl (C=O) groups is 1. The zero-order valence-corrected chi connectivity index (χ0v) is 17.2. The molecular weight excluding hydrogens is 374 g/mol. The Kier molecular flexibility index (Phi) is 5.80. The molecule has 2 N–H and O–H groups in total. The fraction of sp³-hybridized carbons (Fsp3) is 0.200. The Hall–Kier alpha value is -3.60. The topological polar surface area (TPSA) is 67.0 Å². The Labute approximate surface area is 176 Å². The summed E-state index contributed by atoms with van der Waals surface area (Å²) in [5.74, 6) is 1.32. The molecule has 0 atom stereocenters. The van der Waals surface area contributed by atoms with Crippen LogP contribution in [0.15, 0.2) is 66.7 Å². The first-order chi connectivity index (χ1) is 14.6. The molecule has 152 valence electrons. The molecule has 0 spiro atoms. The minimum atomic E-state index is -0.166. The number of H-pyrrole nitrogens is 1. The average Bonchev–Trinajstić information content (AvgIpc) is 3.20. The minimum Gasteiger partial charge on any atom is -0.494 e. The molecule has 0 saturated heterocycles. The lowest BCUT2D eigenvalue weighted by atomic mass is 10.1. The van der Waals surface area contributed by atoms with Crippen molar-refractivity contribution in [1.82, 2.24) is 9.97 Å². The van der Waals surface area contributed by atoms with Gasteiger partial charge >= 0.3 is 0 Å². The lowest BCUT2D eigenvalue weighted by Crippen LogP contribution is -2.13. The van der Waals surface area contributed by atoms with Crippen molar-refractivity contribution in [3.8, 4) is 17.1 Å². The van der Waals surface area contributed by atoms with Gasteiger partial charge in [0.05, 0.1) is 17.6 Å². The third kappa shape index (κ3) is 4.35. The maximum absolute atomic E-state index is 12.8. The predicted octanol–water partition coefficient (Wildman–Crippen LogP) is 5.97. The molecule has 0 aliphatic carbocycles. The molecule has 0 radical (unpaired) electrons. The summed E-state index contributed by atoms with van der Waals surface area (Å²) in [6.07, 6.45) is 2.06. The Balaban J connectivity index is 1.55. The highest BCUT2D eigenvalue weighted by Crippen LogP contribution is 2.26. The number of ether oxygens (including phenoxy) is 1. The van der Waals surface area contributed by atoms with E-state index < -0.39 is 0 Å². The first kappa shape index (κ1) is 19.7. The van der Waals surface area contributed by atoms with Crippen LogP contribution >= 0.6 is 0 Å². The van der Waals surface area contributed by atoms with Gasteiger partial charge < -0.3 is 15.0 Å². The predicted molar refractivity (Wildman–Crippen MR) is 121 cm³/mol. The van der Waals surface area contributed by atoms with Crippen LogP contribution < -0.4 is 10.1 Å². The highest BCUT2D eigenvalue weighted by Gasteiger charge is 2.12. The number of benzene rings is 3. The van der Waals surface area contributed by atoms with Crippen molar-refractivity contribution in [2.24, 2.45) is 0 Å². The SMILES string of the molecule is CCCCOc1cccc(C(=O)Nc2cc(-c3nc4ccccc4[nH]3)ccc2C)c1. The van der Waals surface area contributed by atoms with Crippen molar-refractivity contribution >= 4 is 22.6 Å². The van der Waals surface area contributed by atoms with Gasteiger partial charge in [0.2, 0.25) is 0 Å². The van der Waals surface area contributed by atoms with Crippen molar-refractivity contribution in [2.45, 2.75) is 26.7 Å². The number of imidazole rings is 1. The summed E-state index contributed by atoms with van der Waals surface area (Å²) in [7, 11) is 0. The summed E-state index contributed by atoms with van der Waals surface area (Å²) in [6, 6.07) is 21.1. The molecule has 0 aliphatic rings. The molecular formula is C25H25N3O2. The standard InChI is InChI=1S/C25H25N3O2/c1-3-4-14-30-20-9-7-8-19(15-20)25(29)28-23-16-18(13-12-17(23)2)24-26-21-10-5-6-11-22(21)27-24/h5-13,15-16H,3-4,14H2,1-2H3,(H,26,27)(H,28,29). The van der Waals surface area contributed by atoms with E-state index in [2.05, 4.69) is 22.2 Å². The molecule has 5 nitrogen and oxygen atoms in total. The maximum Gasteiger partial charge on any atom is 0.255 e. The van der Waals surface area contributed by atoms with Crippen molar-refractivity contribution in [3.63, 3.8) is 0 Å². The number of unbranched alkanes of at least 4 members (excludes halogenated alkanes) is 1. The number of hydrogen-bond acceptors (Lipinski definition) is 3. The zero-order chi connectivity index (χ0) is 20.9. The molecule has 0 aliphatic heterocycles. The fourth-order valence-electron chi connectivity index (χ4n) is 3.25. The summed E-state index contributed by atoms with van der Waals surface area (Å²) in [5, 5.41) is 3.03. The van der Waals surface area contributed by atoms with Crippen LogP contribution in [0.2, 0.25) is 0 Å². The van der Waals surface area contributed by atoms with E-state index in [1.807, 2.05) is 61.5 Å². The molecule has 0 bridgehead atoms. The number of para-hydroxylation sites is 2.